The summed E-state index contributed by atoms with van der Waals surface area (Å²) in [6.07, 6.45) is 0. The van der Waals surface area contributed by atoms with E-state index in [-0.39, 0.29) is 10.3 Å². The van der Waals surface area contributed by atoms with Crippen molar-refractivity contribution in [1.29, 1.82) is 0 Å². The van der Waals surface area contributed by atoms with Gasteiger partial charge >= 0.3 is 5.69 Å². The highest BCUT2D eigenvalue weighted by molar-refractivity contribution is 7.92. The van der Waals surface area contributed by atoms with Crippen LogP contribution in [-0.2, 0) is 24.1 Å². The molecule has 3 aromatic rings. The lowest BCUT2D eigenvalue weighted by Crippen LogP contribution is -2.37. The second-order valence-electron chi connectivity index (χ2n) is 6.19. The third kappa shape index (κ3) is 3.21. The summed E-state index contributed by atoms with van der Waals surface area (Å²) in [4.78, 5) is 24.3. The Hall–Kier alpha value is -3.07. The molecule has 0 amide bonds. The standard InChI is InChI=1S/C18H19N3O5S/c1-11-5-8-16(26-4)14(9-11)19-27(24,25)12-6-7-15-13(10-12)17(22)21(3)18(23)20(15)2/h5-10,19H,1-4H3. The average Bonchev–Trinajstić information content (AvgIpc) is 2.64. The minimum Gasteiger partial charge on any atom is -0.495 e. The van der Waals surface area contributed by atoms with Gasteiger partial charge in [-0.25, -0.2) is 13.2 Å². The third-order valence-corrected chi connectivity index (χ3v) is 5.71. The van der Waals surface area contributed by atoms with Crippen LogP contribution in [0.25, 0.3) is 10.9 Å². The zero-order valence-electron chi connectivity index (χ0n) is 15.3. The lowest BCUT2D eigenvalue weighted by molar-refractivity contribution is 0.417. The first kappa shape index (κ1) is 18.7. The summed E-state index contributed by atoms with van der Waals surface area (Å²) < 4.78 is 35.6. The summed E-state index contributed by atoms with van der Waals surface area (Å²) in [7, 11) is 0.345. The molecular weight excluding hydrogens is 370 g/mol. The second-order valence-corrected chi connectivity index (χ2v) is 7.88. The largest absolute Gasteiger partial charge is 0.495 e. The van der Waals surface area contributed by atoms with Crippen LogP contribution in [0.1, 0.15) is 5.56 Å². The molecule has 27 heavy (non-hydrogen) atoms. The van der Waals surface area contributed by atoms with Gasteiger partial charge in [-0.1, -0.05) is 6.07 Å². The van der Waals surface area contributed by atoms with E-state index in [1.807, 2.05) is 6.92 Å². The first-order chi connectivity index (χ1) is 12.7. The molecule has 9 heteroatoms. The van der Waals surface area contributed by atoms with Crippen molar-refractivity contribution in [3.8, 4) is 5.75 Å². The van der Waals surface area contributed by atoms with Gasteiger partial charge in [0.1, 0.15) is 5.75 Å². The molecular formula is C18H19N3O5S. The van der Waals surface area contributed by atoms with Crippen molar-refractivity contribution in [2.24, 2.45) is 14.1 Å². The van der Waals surface area contributed by atoms with E-state index >= 15 is 0 Å². The molecule has 0 unspecified atom stereocenters. The highest BCUT2D eigenvalue weighted by Gasteiger charge is 2.19. The van der Waals surface area contributed by atoms with Gasteiger partial charge in [0, 0.05) is 14.1 Å². The number of rotatable bonds is 4. The Bertz CT molecular complexity index is 1270. The molecule has 2 aromatic carbocycles. The quantitative estimate of drug-likeness (QED) is 0.726. The number of aromatic nitrogens is 2. The van der Waals surface area contributed by atoms with Gasteiger partial charge in [0.2, 0.25) is 0 Å². The molecule has 0 atom stereocenters. The highest BCUT2D eigenvalue weighted by atomic mass is 32.2. The van der Waals surface area contributed by atoms with E-state index in [9.17, 15) is 18.0 Å². The van der Waals surface area contributed by atoms with E-state index in [1.54, 1.807) is 18.2 Å². The van der Waals surface area contributed by atoms with E-state index in [4.69, 9.17) is 4.74 Å². The molecule has 1 N–H and O–H groups in total. The third-order valence-electron chi connectivity index (χ3n) is 4.35. The summed E-state index contributed by atoms with van der Waals surface area (Å²) in [5.74, 6) is 0.378. The monoisotopic (exact) mass is 389 g/mol. The number of hydrogen-bond acceptors (Lipinski definition) is 5. The molecule has 0 aliphatic heterocycles. The van der Waals surface area contributed by atoms with Gasteiger partial charge in [-0.05, 0) is 42.8 Å². The van der Waals surface area contributed by atoms with Crippen molar-refractivity contribution >= 4 is 26.6 Å². The van der Waals surface area contributed by atoms with Gasteiger partial charge in [0.25, 0.3) is 15.6 Å². The average molecular weight is 389 g/mol. The van der Waals surface area contributed by atoms with Crippen molar-refractivity contribution in [2.75, 3.05) is 11.8 Å². The Morgan fingerprint density at radius 3 is 2.37 bits per heavy atom. The van der Waals surface area contributed by atoms with Crippen molar-refractivity contribution < 1.29 is 13.2 Å². The predicted octanol–water partition coefficient (Wildman–Crippen LogP) is 1.36. The number of nitrogens with one attached hydrogen (secondary N) is 1. The Morgan fingerprint density at radius 1 is 1.00 bits per heavy atom. The maximum Gasteiger partial charge on any atom is 0.330 e. The number of benzene rings is 2. The lowest BCUT2D eigenvalue weighted by Gasteiger charge is -2.13. The maximum absolute atomic E-state index is 12.8. The second kappa shape index (κ2) is 6.58. The molecule has 0 spiro atoms. The maximum atomic E-state index is 12.8. The summed E-state index contributed by atoms with van der Waals surface area (Å²) in [6, 6.07) is 9.18. The normalized spacial score (nSPS) is 11.6. The smallest absolute Gasteiger partial charge is 0.330 e. The zero-order valence-corrected chi connectivity index (χ0v) is 16.1. The Kier molecular flexibility index (Phi) is 4.56. The van der Waals surface area contributed by atoms with Crippen molar-refractivity contribution in [3.05, 3.63) is 62.8 Å². The Labute approximate surface area is 155 Å². The zero-order chi connectivity index (χ0) is 19.9. The molecule has 1 heterocycles. The number of anilines is 1. The summed E-state index contributed by atoms with van der Waals surface area (Å²) in [6.45, 7) is 1.83. The fourth-order valence-electron chi connectivity index (χ4n) is 2.85. The number of methoxy groups -OCH3 is 1. The Balaban J connectivity index is 2.16. The minimum atomic E-state index is -3.97. The Morgan fingerprint density at radius 2 is 1.70 bits per heavy atom. The molecule has 0 aliphatic rings. The van der Waals surface area contributed by atoms with Crippen molar-refractivity contribution in [3.63, 3.8) is 0 Å². The van der Waals surface area contributed by atoms with Crippen molar-refractivity contribution in [1.82, 2.24) is 9.13 Å². The van der Waals surface area contributed by atoms with Crippen LogP contribution in [0, 0.1) is 6.92 Å². The van der Waals surface area contributed by atoms with Gasteiger partial charge in [-0.2, -0.15) is 0 Å². The molecule has 0 aliphatic carbocycles. The van der Waals surface area contributed by atoms with Crippen LogP contribution in [0.5, 0.6) is 5.75 Å². The fourth-order valence-corrected chi connectivity index (χ4v) is 3.93. The SMILES string of the molecule is COc1ccc(C)cc1NS(=O)(=O)c1ccc2c(c1)c(=O)n(C)c(=O)n2C. The van der Waals surface area contributed by atoms with Crippen LogP contribution in [0.3, 0.4) is 0 Å². The number of hydrogen-bond donors (Lipinski definition) is 1. The van der Waals surface area contributed by atoms with Gasteiger partial charge in [0.15, 0.2) is 0 Å². The molecule has 8 nitrogen and oxygen atoms in total. The van der Waals surface area contributed by atoms with E-state index in [1.165, 1.54) is 44.0 Å². The van der Waals surface area contributed by atoms with E-state index in [2.05, 4.69) is 4.72 Å². The molecule has 0 bridgehead atoms. The van der Waals surface area contributed by atoms with Gasteiger partial charge in [-0.3, -0.25) is 18.7 Å². The number of nitrogens with zero attached hydrogens (tertiary/aromatic N) is 2. The lowest BCUT2D eigenvalue weighted by atomic mass is 10.2. The first-order valence-corrected chi connectivity index (χ1v) is 9.51. The molecule has 0 fully saturated rings. The fraction of sp³-hybridized carbons (Fsp3) is 0.222. The van der Waals surface area contributed by atoms with Gasteiger partial charge < -0.3 is 4.74 Å². The van der Waals surface area contributed by atoms with Gasteiger partial charge in [-0.15, -0.1) is 0 Å². The molecule has 0 saturated heterocycles. The van der Waals surface area contributed by atoms with Crippen LogP contribution in [-0.4, -0.2) is 24.7 Å². The molecule has 142 valence electrons. The van der Waals surface area contributed by atoms with Crippen LogP contribution >= 0.6 is 0 Å². The van der Waals surface area contributed by atoms with E-state index in [0.29, 0.717) is 17.0 Å². The van der Waals surface area contributed by atoms with E-state index in [0.717, 1.165) is 10.1 Å². The van der Waals surface area contributed by atoms with Crippen LogP contribution < -0.4 is 20.7 Å². The predicted molar refractivity (Wildman–Crippen MR) is 103 cm³/mol. The highest BCUT2D eigenvalue weighted by Crippen LogP contribution is 2.28. The number of sulfonamides is 1. The van der Waals surface area contributed by atoms with Gasteiger partial charge in [0.05, 0.1) is 28.6 Å². The summed E-state index contributed by atoms with van der Waals surface area (Å²) in [5.41, 5.74) is 0.473. The number of aryl methyl sites for hydroxylation is 2. The number of fused-ring (bicyclic) bond motifs is 1. The van der Waals surface area contributed by atoms with Crippen LogP contribution in [0.2, 0.25) is 0 Å². The molecule has 1 aromatic heterocycles. The van der Waals surface area contributed by atoms with Crippen LogP contribution in [0.15, 0.2) is 50.9 Å². The summed E-state index contributed by atoms with van der Waals surface area (Å²) >= 11 is 0. The summed E-state index contributed by atoms with van der Waals surface area (Å²) in [5, 5.41) is 0.138. The van der Waals surface area contributed by atoms with Crippen molar-refractivity contribution in [2.45, 2.75) is 11.8 Å². The molecule has 0 radical (unpaired) electrons. The number of ether oxygens (including phenoxy) is 1. The van der Waals surface area contributed by atoms with Crippen LogP contribution in [0.4, 0.5) is 5.69 Å². The molecule has 3 rings (SSSR count). The minimum absolute atomic E-state index is 0.0886. The van der Waals surface area contributed by atoms with E-state index < -0.39 is 21.3 Å². The topological polar surface area (TPSA) is 99.4 Å². The molecule has 0 saturated carbocycles. The first-order valence-electron chi connectivity index (χ1n) is 8.03.